The van der Waals surface area contributed by atoms with E-state index < -0.39 is 0 Å². The molecule has 1 aliphatic rings. The first kappa shape index (κ1) is 22.1. The zero-order chi connectivity index (χ0) is 23.7. The lowest BCUT2D eigenvalue weighted by molar-refractivity contribution is 0.181. The number of piperidine rings is 1. The number of fused-ring (bicyclic) bond motifs is 1. The van der Waals surface area contributed by atoms with Crippen LogP contribution in [0.1, 0.15) is 26.7 Å². The molecule has 3 aromatic heterocycles. The second-order valence-electron chi connectivity index (χ2n) is 8.69. The Bertz CT molecular complexity index is 1310. The number of nitrogens with zero attached hydrogens (tertiary/aromatic N) is 5. The molecular formula is C24H27N7O2S. The summed E-state index contributed by atoms with van der Waals surface area (Å²) in [6.45, 7) is 5.31. The summed E-state index contributed by atoms with van der Waals surface area (Å²) in [6, 6.07) is 9.27. The minimum absolute atomic E-state index is 0.00770. The first-order valence-electron chi connectivity index (χ1n) is 11.4. The van der Waals surface area contributed by atoms with E-state index >= 15 is 0 Å². The van der Waals surface area contributed by atoms with Gasteiger partial charge in [0.05, 0.1) is 11.4 Å². The number of amides is 2. The van der Waals surface area contributed by atoms with Crippen molar-refractivity contribution in [3.63, 3.8) is 0 Å². The Kier molecular flexibility index (Phi) is 6.06. The van der Waals surface area contributed by atoms with Crippen molar-refractivity contribution in [2.45, 2.75) is 38.8 Å². The molecule has 0 aliphatic carbocycles. The molecule has 176 valence electrons. The van der Waals surface area contributed by atoms with Crippen LogP contribution in [-0.4, -0.2) is 60.6 Å². The zero-order valence-electron chi connectivity index (χ0n) is 19.1. The van der Waals surface area contributed by atoms with Crippen LogP contribution in [0.25, 0.3) is 27.6 Å². The quantitative estimate of drug-likeness (QED) is 0.397. The Labute approximate surface area is 201 Å². The van der Waals surface area contributed by atoms with Gasteiger partial charge in [0.25, 0.3) is 0 Å². The number of phenolic OH excluding ortho intramolecular Hbond substituents is 1. The van der Waals surface area contributed by atoms with Gasteiger partial charge in [-0.2, -0.15) is 0 Å². The van der Waals surface area contributed by atoms with E-state index in [2.05, 4.69) is 15.6 Å². The second kappa shape index (κ2) is 9.30. The smallest absolute Gasteiger partial charge is 0.317 e. The molecule has 0 unspecified atom stereocenters. The second-order valence-corrected chi connectivity index (χ2v) is 9.56. The molecule has 0 spiro atoms. The van der Waals surface area contributed by atoms with Gasteiger partial charge in [-0.25, -0.2) is 19.7 Å². The lowest BCUT2D eigenvalue weighted by Crippen LogP contribution is -2.48. The molecule has 1 aliphatic heterocycles. The van der Waals surface area contributed by atoms with E-state index in [1.165, 1.54) is 0 Å². The fourth-order valence-corrected chi connectivity index (χ4v) is 4.91. The highest BCUT2D eigenvalue weighted by atomic mass is 32.1. The molecule has 1 aromatic carbocycles. The molecule has 0 bridgehead atoms. The number of phenols is 1. The number of imidazole rings is 1. The van der Waals surface area contributed by atoms with Gasteiger partial charge in [-0.1, -0.05) is 12.1 Å². The number of likely N-dealkylation sites (tertiary alicyclic amines) is 1. The Hall–Kier alpha value is -3.66. The van der Waals surface area contributed by atoms with Crippen LogP contribution in [0.2, 0.25) is 0 Å². The molecule has 4 heterocycles. The van der Waals surface area contributed by atoms with Crippen molar-refractivity contribution in [2.24, 2.45) is 0 Å². The van der Waals surface area contributed by atoms with E-state index in [-0.39, 0.29) is 23.9 Å². The van der Waals surface area contributed by atoms with Crippen molar-refractivity contribution in [2.75, 3.05) is 18.4 Å². The van der Waals surface area contributed by atoms with Crippen LogP contribution in [0.4, 0.5) is 10.7 Å². The highest BCUT2D eigenvalue weighted by Gasteiger charge is 2.24. The Morgan fingerprint density at radius 1 is 1.21 bits per heavy atom. The molecule has 10 heteroatoms. The third-order valence-corrected chi connectivity index (χ3v) is 6.56. The number of thiazole rings is 1. The zero-order valence-corrected chi connectivity index (χ0v) is 19.9. The molecule has 3 N–H and O–H groups in total. The summed E-state index contributed by atoms with van der Waals surface area (Å²) in [5.74, 6) is 0.743. The Morgan fingerprint density at radius 2 is 2.03 bits per heavy atom. The van der Waals surface area contributed by atoms with Crippen LogP contribution in [0, 0.1) is 0 Å². The minimum Gasteiger partial charge on any atom is -0.508 e. The molecule has 1 saturated heterocycles. The topological polar surface area (TPSA) is 108 Å². The molecular weight excluding hydrogens is 450 g/mol. The predicted molar refractivity (Wildman–Crippen MR) is 133 cm³/mol. The molecule has 34 heavy (non-hydrogen) atoms. The fourth-order valence-electron chi connectivity index (χ4n) is 4.19. The number of hydrogen-bond acceptors (Lipinski definition) is 7. The summed E-state index contributed by atoms with van der Waals surface area (Å²) >= 11 is 1.55. The summed E-state index contributed by atoms with van der Waals surface area (Å²) in [6.07, 6.45) is 5.37. The molecule has 0 saturated carbocycles. The van der Waals surface area contributed by atoms with Gasteiger partial charge in [-0.05, 0) is 44.9 Å². The van der Waals surface area contributed by atoms with E-state index in [4.69, 9.17) is 9.97 Å². The highest BCUT2D eigenvalue weighted by molar-refractivity contribution is 7.15. The van der Waals surface area contributed by atoms with Gasteiger partial charge in [0.2, 0.25) is 5.95 Å². The van der Waals surface area contributed by atoms with E-state index in [0.29, 0.717) is 19.0 Å². The number of carbonyl (C=O) groups is 1. The lowest BCUT2D eigenvalue weighted by atomic mass is 10.1. The maximum Gasteiger partial charge on any atom is 0.317 e. The number of benzene rings is 1. The van der Waals surface area contributed by atoms with Gasteiger partial charge in [0.1, 0.15) is 11.4 Å². The predicted octanol–water partition coefficient (Wildman–Crippen LogP) is 4.22. The number of urea groups is 1. The monoisotopic (exact) mass is 477 g/mol. The first-order chi connectivity index (χ1) is 16.5. The number of carbonyl (C=O) groups excluding carboxylic acids is 1. The van der Waals surface area contributed by atoms with Gasteiger partial charge in [-0.3, -0.25) is 4.40 Å². The van der Waals surface area contributed by atoms with Gasteiger partial charge < -0.3 is 20.6 Å². The molecule has 5 rings (SSSR count). The fraction of sp³-hybridized carbons (Fsp3) is 0.333. The molecule has 0 atom stereocenters. The summed E-state index contributed by atoms with van der Waals surface area (Å²) in [7, 11) is 0. The van der Waals surface area contributed by atoms with Crippen LogP contribution in [-0.2, 0) is 0 Å². The summed E-state index contributed by atoms with van der Waals surface area (Å²) in [5.41, 5.74) is 3.19. The largest absolute Gasteiger partial charge is 0.508 e. The van der Waals surface area contributed by atoms with Crippen molar-refractivity contribution in [1.29, 1.82) is 0 Å². The Morgan fingerprint density at radius 3 is 2.79 bits per heavy atom. The van der Waals surface area contributed by atoms with Crippen LogP contribution in [0.15, 0.2) is 48.1 Å². The van der Waals surface area contributed by atoms with Gasteiger partial charge in [-0.15, -0.1) is 11.3 Å². The van der Waals surface area contributed by atoms with Crippen molar-refractivity contribution in [3.05, 3.63) is 48.1 Å². The average Bonchev–Trinajstić information content (AvgIpc) is 3.41. The maximum atomic E-state index is 12.3. The van der Waals surface area contributed by atoms with Crippen molar-refractivity contribution in [3.8, 4) is 28.4 Å². The number of anilines is 1. The van der Waals surface area contributed by atoms with Gasteiger partial charge in [0, 0.05) is 48.5 Å². The SMILES string of the molecule is CC(C)NC(=O)N1CCC(Nc2nccc(-c3c(-c4cccc(O)c4)nc4sccn34)n2)CC1. The summed E-state index contributed by atoms with van der Waals surface area (Å²) in [4.78, 5) is 29.0. The number of aromatic hydroxyl groups is 1. The van der Waals surface area contributed by atoms with E-state index in [1.54, 1.807) is 29.7 Å². The number of aromatic nitrogens is 4. The molecule has 2 amide bonds. The third kappa shape index (κ3) is 4.54. The maximum absolute atomic E-state index is 12.3. The van der Waals surface area contributed by atoms with Crippen LogP contribution >= 0.6 is 11.3 Å². The summed E-state index contributed by atoms with van der Waals surface area (Å²) in [5, 5.41) is 18.4. The van der Waals surface area contributed by atoms with Crippen LogP contribution in [0.5, 0.6) is 5.75 Å². The first-order valence-corrected chi connectivity index (χ1v) is 12.3. The average molecular weight is 478 g/mol. The normalized spacial score (nSPS) is 14.6. The van der Waals surface area contributed by atoms with Crippen molar-refractivity contribution < 1.29 is 9.90 Å². The summed E-state index contributed by atoms with van der Waals surface area (Å²) < 4.78 is 2.02. The van der Waals surface area contributed by atoms with Crippen molar-refractivity contribution in [1.82, 2.24) is 29.6 Å². The van der Waals surface area contributed by atoms with E-state index in [0.717, 1.165) is 40.4 Å². The third-order valence-electron chi connectivity index (χ3n) is 5.81. The highest BCUT2D eigenvalue weighted by Crippen LogP contribution is 2.34. The number of nitrogens with one attached hydrogen (secondary N) is 2. The number of rotatable bonds is 5. The number of hydrogen-bond donors (Lipinski definition) is 3. The molecule has 4 aromatic rings. The van der Waals surface area contributed by atoms with Crippen LogP contribution in [0.3, 0.4) is 0 Å². The minimum atomic E-state index is -0.00770. The van der Waals surface area contributed by atoms with Crippen LogP contribution < -0.4 is 10.6 Å². The molecule has 1 fully saturated rings. The van der Waals surface area contributed by atoms with E-state index in [1.807, 2.05) is 52.9 Å². The van der Waals surface area contributed by atoms with Gasteiger partial charge in [0.15, 0.2) is 4.96 Å². The standard InChI is InChI=1S/C24H27N7O2S/c1-15(2)26-23(33)30-10-7-17(8-11-30)27-22-25-9-6-19(28-22)21-20(16-4-3-5-18(32)14-16)29-24-31(21)12-13-34-24/h3-6,9,12-15,17,32H,7-8,10-11H2,1-2H3,(H,26,33)(H,25,27,28). The molecule has 9 nitrogen and oxygen atoms in total. The van der Waals surface area contributed by atoms with E-state index in [9.17, 15) is 9.90 Å². The lowest BCUT2D eigenvalue weighted by Gasteiger charge is -2.32. The van der Waals surface area contributed by atoms with Crippen molar-refractivity contribution >= 4 is 28.3 Å². The van der Waals surface area contributed by atoms with Gasteiger partial charge >= 0.3 is 6.03 Å². The molecule has 0 radical (unpaired) electrons. The Balaban J connectivity index is 1.37.